The number of anilines is 1. The number of halogens is 1. The molecule has 2 amide bonds. The SMILES string of the molecule is CNC(=O)c1ccc(NC(=O)COC(=O)CCc2ccccc2F)cc1. The quantitative estimate of drug-likeness (QED) is 0.744. The van der Waals surface area contributed by atoms with Crippen molar-refractivity contribution in [1.29, 1.82) is 0 Å². The molecule has 0 saturated carbocycles. The van der Waals surface area contributed by atoms with E-state index in [4.69, 9.17) is 4.74 Å². The molecule has 0 unspecified atom stereocenters. The summed E-state index contributed by atoms with van der Waals surface area (Å²) in [5.74, 6) is -1.69. The maximum absolute atomic E-state index is 13.5. The maximum atomic E-state index is 13.5. The number of hydrogen-bond acceptors (Lipinski definition) is 4. The monoisotopic (exact) mass is 358 g/mol. The molecule has 0 aliphatic carbocycles. The van der Waals surface area contributed by atoms with Gasteiger partial charge >= 0.3 is 5.97 Å². The Morgan fingerprint density at radius 1 is 1.04 bits per heavy atom. The van der Waals surface area contributed by atoms with Gasteiger partial charge < -0.3 is 15.4 Å². The highest BCUT2D eigenvalue weighted by Gasteiger charge is 2.10. The highest BCUT2D eigenvalue weighted by molar-refractivity contribution is 5.96. The predicted octanol–water partition coefficient (Wildman–Crippen LogP) is 2.30. The number of nitrogens with one attached hydrogen (secondary N) is 2. The summed E-state index contributed by atoms with van der Waals surface area (Å²) >= 11 is 0. The fourth-order valence-corrected chi connectivity index (χ4v) is 2.20. The Morgan fingerprint density at radius 2 is 1.73 bits per heavy atom. The van der Waals surface area contributed by atoms with Gasteiger partial charge in [-0.05, 0) is 42.3 Å². The third-order valence-corrected chi connectivity index (χ3v) is 3.58. The number of amides is 2. The minimum atomic E-state index is -0.585. The van der Waals surface area contributed by atoms with E-state index in [1.165, 1.54) is 13.1 Å². The van der Waals surface area contributed by atoms with E-state index >= 15 is 0 Å². The van der Waals surface area contributed by atoms with Gasteiger partial charge in [0.1, 0.15) is 5.82 Å². The summed E-state index contributed by atoms with van der Waals surface area (Å²) in [4.78, 5) is 34.9. The fraction of sp³-hybridized carbons (Fsp3) is 0.211. The molecule has 2 rings (SSSR count). The van der Waals surface area contributed by atoms with Crippen LogP contribution in [-0.4, -0.2) is 31.4 Å². The van der Waals surface area contributed by atoms with Crippen molar-refractivity contribution >= 4 is 23.5 Å². The van der Waals surface area contributed by atoms with Crippen LogP contribution in [0.15, 0.2) is 48.5 Å². The smallest absolute Gasteiger partial charge is 0.306 e. The lowest BCUT2D eigenvalue weighted by Gasteiger charge is -2.08. The molecule has 0 saturated heterocycles. The van der Waals surface area contributed by atoms with Crippen LogP contribution in [0.5, 0.6) is 0 Å². The Kier molecular flexibility index (Phi) is 6.84. The predicted molar refractivity (Wildman–Crippen MR) is 94.1 cm³/mol. The zero-order valence-corrected chi connectivity index (χ0v) is 14.3. The molecule has 0 radical (unpaired) electrons. The van der Waals surface area contributed by atoms with Gasteiger partial charge in [-0.3, -0.25) is 14.4 Å². The molecule has 26 heavy (non-hydrogen) atoms. The number of carbonyl (C=O) groups is 3. The number of ether oxygens (including phenoxy) is 1. The van der Waals surface area contributed by atoms with Gasteiger partial charge in [-0.25, -0.2) is 4.39 Å². The third kappa shape index (κ3) is 5.70. The van der Waals surface area contributed by atoms with Gasteiger partial charge in [-0.2, -0.15) is 0 Å². The lowest BCUT2D eigenvalue weighted by Crippen LogP contribution is -2.21. The molecule has 136 valence electrons. The molecular weight excluding hydrogens is 339 g/mol. The molecule has 7 heteroatoms. The minimum Gasteiger partial charge on any atom is -0.456 e. The van der Waals surface area contributed by atoms with Gasteiger partial charge in [0.2, 0.25) is 0 Å². The van der Waals surface area contributed by atoms with Crippen molar-refractivity contribution in [2.45, 2.75) is 12.8 Å². The summed E-state index contributed by atoms with van der Waals surface area (Å²) in [7, 11) is 1.53. The molecule has 0 aliphatic rings. The summed E-state index contributed by atoms with van der Waals surface area (Å²) in [6.07, 6.45) is 0.184. The molecule has 0 aliphatic heterocycles. The largest absolute Gasteiger partial charge is 0.456 e. The second-order valence-corrected chi connectivity index (χ2v) is 5.46. The molecule has 0 atom stereocenters. The average Bonchev–Trinajstić information content (AvgIpc) is 2.65. The number of benzene rings is 2. The van der Waals surface area contributed by atoms with Crippen molar-refractivity contribution in [2.75, 3.05) is 19.0 Å². The van der Waals surface area contributed by atoms with Crippen LogP contribution in [-0.2, 0) is 20.7 Å². The van der Waals surface area contributed by atoms with Gasteiger partial charge in [0.25, 0.3) is 11.8 Å². The first-order valence-electron chi connectivity index (χ1n) is 8.00. The van der Waals surface area contributed by atoms with Crippen molar-refractivity contribution < 1.29 is 23.5 Å². The van der Waals surface area contributed by atoms with Crippen molar-refractivity contribution in [1.82, 2.24) is 5.32 Å². The molecule has 0 fully saturated rings. The standard InChI is InChI=1S/C19H19FN2O4/c1-21-19(25)14-6-9-15(10-7-14)22-17(23)12-26-18(24)11-8-13-4-2-3-5-16(13)20/h2-7,9-10H,8,11-12H2,1H3,(H,21,25)(H,22,23). The number of aryl methyl sites for hydroxylation is 1. The first-order chi connectivity index (χ1) is 12.5. The fourth-order valence-electron chi connectivity index (χ4n) is 2.20. The van der Waals surface area contributed by atoms with Crippen LogP contribution in [0, 0.1) is 5.82 Å². The topological polar surface area (TPSA) is 84.5 Å². The summed E-state index contributed by atoms with van der Waals surface area (Å²) in [6.45, 7) is -0.437. The lowest BCUT2D eigenvalue weighted by molar-refractivity contribution is -0.147. The molecule has 2 N–H and O–H groups in total. The van der Waals surface area contributed by atoms with Crippen LogP contribution in [0.4, 0.5) is 10.1 Å². The van der Waals surface area contributed by atoms with Crippen molar-refractivity contribution in [3.8, 4) is 0 Å². The Morgan fingerprint density at radius 3 is 2.38 bits per heavy atom. The van der Waals surface area contributed by atoms with Gasteiger partial charge in [0.05, 0.1) is 0 Å². The van der Waals surface area contributed by atoms with E-state index in [1.54, 1.807) is 42.5 Å². The Bertz CT molecular complexity index is 790. The van der Waals surface area contributed by atoms with Crippen LogP contribution < -0.4 is 10.6 Å². The second kappa shape index (κ2) is 9.31. The van der Waals surface area contributed by atoms with Gasteiger partial charge in [0.15, 0.2) is 6.61 Å². The van der Waals surface area contributed by atoms with Crippen LogP contribution in [0.2, 0.25) is 0 Å². The maximum Gasteiger partial charge on any atom is 0.306 e. The van der Waals surface area contributed by atoms with Crippen LogP contribution in [0.1, 0.15) is 22.3 Å². The highest BCUT2D eigenvalue weighted by Crippen LogP contribution is 2.11. The zero-order valence-electron chi connectivity index (χ0n) is 14.3. The van der Waals surface area contributed by atoms with Crippen molar-refractivity contribution in [3.63, 3.8) is 0 Å². The van der Waals surface area contributed by atoms with Crippen LogP contribution >= 0.6 is 0 Å². The molecule has 0 spiro atoms. The summed E-state index contributed by atoms with van der Waals surface area (Å²) in [5, 5.41) is 5.05. The van der Waals surface area contributed by atoms with Crippen LogP contribution in [0.3, 0.4) is 0 Å². The van der Waals surface area contributed by atoms with E-state index in [0.29, 0.717) is 16.8 Å². The number of hydrogen-bond donors (Lipinski definition) is 2. The molecular formula is C19H19FN2O4. The first kappa shape index (κ1) is 19.1. The number of carbonyl (C=O) groups excluding carboxylic acids is 3. The highest BCUT2D eigenvalue weighted by atomic mass is 19.1. The van der Waals surface area contributed by atoms with E-state index < -0.39 is 18.5 Å². The number of rotatable bonds is 7. The van der Waals surface area contributed by atoms with E-state index in [1.807, 2.05) is 0 Å². The van der Waals surface area contributed by atoms with Gasteiger partial charge in [-0.1, -0.05) is 18.2 Å². The van der Waals surface area contributed by atoms with E-state index in [2.05, 4.69) is 10.6 Å². The number of esters is 1. The molecule has 6 nitrogen and oxygen atoms in total. The van der Waals surface area contributed by atoms with Gasteiger partial charge in [-0.15, -0.1) is 0 Å². The lowest BCUT2D eigenvalue weighted by atomic mass is 10.1. The Balaban J connectivity index is 1.75. The first-order valence-corrected chi connectivity index (χ1v) is 8.00. The van der Waals surface area contributed by atoms with E-state index in [9.17, 15) is 18.8 Å². The summed E-state index contributed by atoms with van der Waals surface area (Å²) in [5.41, 5.74) is 1.36. The van der Waals surface area contributed by atoms with E-state index in [0.717, 1.165) is 0 Å². The van der Waals surface area contributed by atoms with Crippen molar-refractivity contribution in [2.24, 2.45) is 0 Å². The minimum absolute atomic E-state index is 0.0188. The Labute approximate surface area is 150 Å². The summed E-state index contributed by atoms with van der Waals surface area (Å²) in [6, 6.07) is 12.4. The average molecular weight is 358 g/mol. The molecule has 2 aromatic carbocycles. The van der Waals surface area contributed by atoms with Crippen LogP contribution in [0.25, 0.3) is 0 Å². The molecule has 0 aromatic heterocycles. The molecule has 0 heterocycles. The summed E-state index contributed by atoms with van der Waals surface area (Å²) < 4.78 is 18.3. The Hall–Kier alpha value is -3.22. The normalized spacial score (nSPS) is 10.1. The molecule has 0 bridgehead atoms. The second-order valence-electron chi connectivity index (χ2n) is 5.46. The third-order valence-electron chi connectivity index (χ3n) is 3.58. The van der Waals surface area contributed by atoms with Crippen molar-refractivity contribution in [3.05, 3.63) is 65.5 Å². The van der Waals surface area contributed by atoms with Gasteiger partial charge in [0, 0.05) is 24.7 Å². The van der Waals surface area contributed by atoms with E-state index in [-0.39, 0.29) is 24.6 Å². The molecule has 2 aromatic rings. The zero-order chi connectivity index (χ0) is 18.9.